The van der Waals surface area contributed by atoms with Crippen LogP contribution in [-0.2, 0) is 0 Å². The number of nitrogens with zero attached hydrogens (tertiary/aromatic N) is 2. The maximum atomic E-state index is 14.1. The standard InChI is InChI=1S/C20H25FN4O/c1-10-11(2)24-19-16(8-14(21)9-17(19)23-10)20(26)25-18-12-4-3-5-13(18)7-15(22)6-12/h8-9,12-13,15,18H,3-7,22H2,1-2H3,(H,25,26). The fraction of sp³-hybridized carbons (Fsp3) is 0.550. The van der Waals surface area contributed by atoms with E-state index < -0.39 is 5.82 Å². The third-order valence-corrected chi connectivity index (χ3v) is 6.06. The zero-order valence-electron chi connectivity index (χ0n) is 15.3. The predicted molar refractivity (Wildman–Crippen MR) is 98.3 cm³/mol. The highest BCUT2D eigenvalue weighted by atomic mass is 19.1. The van der Waals surface area contributed by atoms with Crippen molar-refractivity contribution in [2.45, 2.75) is 58.0 Å². The van der Waals surface area contributed by atoms with Gasteiger partial charge in [0.2, 0.25) is 0 Å². The van der Waals surface area contributed by atoms with Gasteiger partial charge >= 0.3 is 0 Å². The first kappa shape index (κ1) is 17.3. The molecule has 26 heavy (non-hydrogen) atoms. The van der Waals surface area contributed by atoms with Gasteiger partial charge in [-0.25, -0.2) is 14.4 Å². The van der Waals surface area contributed by atoms with Gasteiger partial charge in [-0.05, 0) is 57.4 Å². The number of carbonyl (C=O) groups is 1. The monoisotopic (exact) mass is 356 g/mol. The Kier molecular flexibility index (Phi) is 4.39. The van der Waals surface area contributed by atoms with Crippen LogP contribution in [0.4, 0.5) is 4.39 Å². The molecule has 2 unspecified atom stereocenters. The zero-order chi connectivity index (χ0) is 18.4. The Morgan fingerprint density at radius 3 is 2.50 bits per heavy atom. The van der Waals surface area contributed by atoms with Crippen molar-refractivity contribution in [3.63, 3.8) is 0 Å². The number of hydrogen-bond donors (Lipinski definition) is 2. The van der Waals surface area contributed by atoms with Gasteiger partial charge in [0.05, 0.1) is 22.5 Å². The number of carbonyl (C=O) groups excluding carboxylic acids is 1. The molecule has 0 spiro atoms. The lowest BCUT2D eigenvalue weighted by molar-refractivity contribution is 0.0757. The van der Waals surface area contributed by atoms with Crippen LogP contribution >= 0.6 is 0 Å². The Morgan fingerprint density at radius 1 is 1.15 bits per heavy atom. The number of aromatic nitrogens is 2. The molecule has 1 amide bonds. The van der Waals surface area contributed by atoms with Crippen LogP contribution in [0.1, 0.15) is 53.8 Å². The van der Waals surface area contributed by atoms with E-state index in [0.717, 1.165) is 37.1 Å². The van der Waals surface area contributed by atoms with Gasteiger partial charge in [0.15, 0.2) is 0 Å². The van der Waals surface area contributed by atoms with Gasteiger partial charge in [-0.2, -0.15) is 0 Å². The molecule has 0 saturated heterocycles. The van der Waals surface area contributed by atoms with Gasteiger partial charge in [-0.3, -0.25) is 4.79 Å². The Balaban J connectivity index is 1.67. The summed E-state index contributed by atoms with van der Waals surface area (Å²) in [5.74, 6) is 0.100. The van der Waals surface area contributed by atoms with E-state index in [2.05, 4.69) is 15.3 Å². The molecule has 3 N–H and O–H groups in total. The lowest BCUT2D eigenvalue weighted by Gasteiger charge is -2.45. The molecule has 1 aromatic heterocycles. The second-order valence-electron chi connectivity index (χ2n) is 7.90. The van der Waals surface area contributed by atoms with Crippen LogP contribution in [0.3, 0.4) is 0 Å². The van der Waals surface area contributed by atoms with Gasteiger partial charge in [0.25, 0.3) is 5.91 Å². The SMILES string of the molecule is Cc1nc2cc(F)cc(C(=O)NC3C4CCCC3CC(N)C4)c2nc1C. The number of amides is 1. The lowest BCUT2D eigenvalue weighted by Crippen LogP contribution is -2.53. The third kappa shape index (κ3) is 3.07. The van der Waals surface area contributed by atoms with Crippen molar-refractivity contribution in [1.29, 1.82) is 0 Å². The summed E-state index contributed by atoms with van der Waals surface area (Å²) in [6.07, 6.45) is 5.28. The van der Waals surface area contributed by atoms with E-state index in [1.54, 1.807) is 0 Å². The first-order valence-corrected chi connectivity index (χ1v) is 9.43. The van der Waals surface area contributed by atoms with Crippen molar-refractivity contribution in [1.82, 2.24) is 15.3 Å². The van der Waals surface area contributed by atoms with Crippen LogP contribution in [0, 0.1) is 31.5 Å². The largest absolute Gasteiger partial charge is 0.349 e. The summed E-state index contributed by atoms with van der Waals surface area (Å²) < 4.78 is 14.1. The molecule has 2 bridgehead atoms. The molecule has 2 aliphatic carbocycles. The van der Waals surface area contributed by atoms with Crippen LogP contribution in [0.15, 0.2) is 12.1 Å². The van der Waals surface area contributed by atoms with Crippen molar-refractivity contribution in [3.8, 4) is 0 Å². The molecule has 1 heterocycles. The van der Waals surface area contributed by atoms with Crippen molar-refractivity contribution >= 4 is 16.9 Å². The van der Waals surface area contributed by atoms with Crippen LogP contribution in [0.25, 0.3) is 11.0 Å². The second kappa shape index (κ2) is 6.58. The van der Waals surface area contributed by atoms with E-state index in [1.807, 2.05) is 13.8 Å². The highest BCUT2D eigenvalue weighted by Gasteiger charge is 2.40. The minimum atomic E-state index is -0.467. The molecule has 2 aliphatic rings. The average Bonchev–Trinajstić information content (AvgIpc) is 2.56. The molecular formula is C20H25FN4O. The molecule has 4 rings (SSSR count). The molecular weight excluding hydrogens is 331 g/mol. The molecule has 5 nitrogen and oxygen atoms in total. The zero-order valence-corrected chi connectivity index (χ0v) is 15.3. The summed E-state index contributed by atoms with van der Waals surface area (Å²) in [6, 6.07) is 2.95. The number of nitrogens with one attached hydrogen (secondary N) is 1. The molecule has 0 aliphatic heterocycles. The summed E-state index contributed by atoms with van der Waals surface area (Å²) in [4.78, 5) is 21.9. The summed E-state index contributed by atoms with van der Waals surface area (Å²) in [7, 11) is 0. The highest BCUT2D eigenvalue weighted by Crippen LogP contribution is 2.39. The van der Waals surface area contributed by atoms with E-state index >= 15 is 0 Å². The van der Waals surface area contributed by atoms with Gasteiger partial charge in [-0.15, -0.1) is 0 Å². The smallest absolute Gasteiger partial charge is 0.253 e. The number of fused-ring (bicyclic) bond motifs is 3. The van der Waals surface area contributed by atoms with Gasteiger partial charge < -0.3 is 11.1 Å². The van der Waals surface area contributed by atoms with Crippen molar-refractivity contribution in [2.75, 3.05) is 0 Å². The molecule has 138 valence electrons. The maximum Gasteiger partial charge on any atom is 0.253 e. The minimum Gasteiger partial charge on any atom is -0.349 e. The number of hydrogen-bond acceptors (Lipinski definition) is 4. The summed E-state index contributed by atoms with van der Waals surface area (Å²) in [5.41, 5.74) is 8.81. The first-order chi connectivity index (χ1) is 12.4. The quantitative estimate of drug-likeness (QED) is 0.867. The number of benzene rings is 1. The van der Waals surface area contributed by atoms with Crippen molar-refractivity contribution in [2.24, 2.45) is 17.6 Å². The van der Waals surface area contributed by atoms with Crippen LogP contribution in [-0.4, -0.2) is 28.0 Å². The third-order valence-electron chi connectivity index (χ3n) is 6.06. The number of nitrogens with two attached hydrogens (primary N) is 1. The van der Waals surface area contributed by atoms with E-state index in [9.17, 15) is 9.18 Å². The summed E-state index contributed by atoms with van der Waals surface area (Å²) in [5, 5.41) is 3.18. The molecule has 2 saturated carbocycles. The molecule has 2 atom stereocenters. The van der Waals surface area contributed by atoms with Crippen molar-refractivity contribution in [3.05, 3.63) is 34.9 Å². The molecule has 0 radical (unpaired) electrons. The minimum absolute atomic E-state index is 0.119. The first-order valence-electron chi connectivity index (χ1n) is 9.43. The normalized spacial score (nSPS) is 28.2. The Morgan fingerprint density at radius 2 is 1.81 bits per heavy atom. The lowest BCUT2D eigenvalue weighted by atomic mass is 9.67. The number of rotatable bonds is 2. The Bertz CT molecular complexity index is 855. The van der Waals surface area contributed by atoms with Crippen LogP contribution in [0.5, 0.6) is 0 Å². The fourth-order valence-corrected chi connectivity index (χ4v) is 4.72. The Labute approximate surface area is 152 Å². The molecule has 1 aromatic carbocycles. The van der Waals surface area contributed by atoms with E-state index in [0.29, 0.717) is 22.9 Å². The van der Waals surface area contributed by atoms with Gasteiger partial charge in [0, 0.05) is 18.2 Å². The van der Waals surface area contributed by atoms with E-state index in [1.165, 1.54) is 18.6 Å². The predicted octanol–water partition coefficient (Wildman–Crippen LogP) is 3.02. The Hall–Kier alpha value is -2.08. The van der Waals surface area contributed by atoms with Crippen molar-refractivity contribution < 1.29 is 9.18 Å². The fourth-order valence-electron chi connectivity index (χ4n) is 4.72. The summed E-state index contributed by atoms with van der Waals surface area (Å²) >= 11 is 0. The molecule has 6 heteroatoms. The van der Waals surface area contributed by atoms with Gasteiger partial charge in [0.1, 0.15) is 11.3 Å². The second-order valence-corrected chi connectivity index (χ2v) is 7.90. The highest BCUT2D eigenvalue weighted by molar-refractivity contribution is 6.05. The van der Waals surface area contributed by atoms with E-state index in [-0.39, 0.29) is 23.6 Å². The topological polar surface area (TPSA) is 80.9 Å². The van der Waals surface area contributed by atoms with E-state index in [4.69, 9.17) is 5.73 Å². The average molecular weight is 356 g/mol. The number of aryl methyl sites for hydroxylation is 2. The van der Waals surface area contributed by atoms with Crippen LogP contribution in [0.2, 0.25) is 0 Å². The number of halogens is 1. The van der Waals surface area contributed by atoms with Crippen LogP contribution < -0.4 is 11.1 Å². The van der Waals surface area contributed by atoms with Gasteiger partial charge in [-0.1, -0.05) is 6.42 Å². The molecule has 2 aromatic rings. The molecule has 2 fully saturated rings. The maximum absolute atomic E-state index is 14.1. The summed E-state index contributed by atoms with van der Waals surface area (Å²) in [6.45, 7) is 3.68.